The van der Waals surface area contributed by atoms with Gasteiger partial charge in [-0.1, -0.05) is 41.4 Å². The first kappa shape index (κ1) is 20.9. The normalized spacial score (nSPS) is 14.8. The lowest BCUT2D eigenvalue weighted by Crippen LogP contribution is -2.38. The van der Waals surface area contributed by atoms with E-state index in [-0.39, 0.29) is 5.91 Å². The monoisotopic (exact) mass is 448 g/mol. The summed E-state index contributed by atoms with van der Waals surface area (Å²) in [4.78, 5) is 15.4. The number of hydrogen-bond donors (Lipinski definition) is 1. The van der Waals surface area contributed by atoms with Gasteiger partial charge in [0.25, 0.3) is 5.91 Å². The molecule has 1 aliphatic heterocycles. The number of carbonyl (C=O) groups excluding carboxylic acids is 1. The van der Waals surface area contributed by atoms with Crippen molar-refractivity contribution < 1.29 is 14.3 Å². The van der Waals surface area contributed by atoms with E-state index in [2.05, 4.69) is 15.3 Å². The Morgan fingerprint density at radius 2 is 1.83 bits per heavy atom. The molecule has 2 heterocycles. The second kappa shape index (κ2) is 9.22. The number of benzene rings is 2. The molecule has 0 aliphatic carbocycles. The Labute approximate surface area is 184 Å². The third-order valence-electron chi connectivity index (χ3n) is 5.10. The van der Waals surface area contributed by atoms with Crippen molar-refractivity contribution in [3.63, 3.8) is 0 Å². The molecule has 1 fully saturated rings. The fraction of sp³-hybridized carbons (Fsp3) is 0.333. The number of ether oxygens (including phenoxy) is 2. The minimum absolute atomic E-state index is 0.293. The maximum absolute atomic E-state index is 13.1. The molecule has 0 bridgehead atoms. The topological polar surface area (TPSA) is 68.6 Å². The van der Waals surface area contributed by atoms with Crippen molar-refractivity contribution in [1.29, 1.82) is 0 Å². The van der Waals surface area contributed by atoms with E-state index in [1.807, 2.05) is 22.9 Å². The van der Waals surface area contributed by atoms with E-state index in [1.165, 1.54) is 0 Å². The van der Waals surface area contributed by atoms with Gasteiger partial charge < -0.3 is 14.8 Å². The third kappa shape index (κ3) is 4.25. The lowest BCUT2D eigenvalue weighted by atomic mass is 10.2. The van der Waals surface area contributed by atoms with Crippen LogP contribution in [0.15, 0.2) is 36.4 Å². The fourth-order valence-electron chi connectivity index (χ4n) is 3.55. The van der Waals surface area contributed by atoms with Gasteiger partial charge >= 0.3 is 0 Å². The van der Waals surface area contributed by atoms with Gasteiger partial charge in [0.05, 0.1) is 42.6 Å². The van der Waals surface area contributed by atoms with E-state index in [9.17, 15) is 4.79 Å². The van der Waals surface area contributed by atoms with Crippen LogP contribution in [0.4, 0.5) is 5.69 Å². The number of hydrogen-bond acceptors (Lipinski definition) is 5. The van der Waals surface area contributed by atoms with E-state index in [0.29, 0.717) is 39.1 Å². The molecule has 4 rings (SSSR count). The van der Waals surface area contributed by atoms with E-state index in [1.54, 1.807) is 25.3 Å². The van der Waals surface area contributed by atoms with Gasteiger partial charge in [0.2, 0.25) is 0 Å². The molecule has 30 heavy (non-hydrogen) atoms. The zero-order chi connectivity index (χ0) is 21.1. The lowest BCUT2D eigenvalue weighted by molar-refractivity contribution is 0.0361. The van der Waals surface area contributed by atoms with Gasteiger partial charge in [-0.25, -0.2) is 0 Å². The fourth-order valence-corrected chi connectivity index (χ4v) is 4.04. The molecular weight excluding hydrogens is 427 g/mol. The molecule has 1 aliphatic rings. The van der Waals surface area contributed by atoms with Gasteiger partial charge in [-0.3, -0.25) is 14.4 Å². The summed E-state index contributed by atoms with van der Waals surface area (Å²) in [5, 5.41) is 8.85. The predicted molar refractivity (Wildman–Crippen MR) is 118 cm³/mol. The summed E-state index contributed by atoms with van der Waals surface area (Å²) in [6.07, 6.45) is 0. The second-order valence-corrected chi connectivity index (χ2v) is 7.75. The molecule has 7 nitrogen and oxygen atoms in total. The summed E-state index contributed by atoms with van der Waals surface area (Å²) in [5.41, 5.74) is 1.44. The van der Waals surface area contributed by atoms with E-state index in [4.69, 9.17) is 32.7 Å². The number of fused-ring (bicyclic) bond motifs is 1. The maximum Gasteiger partial charge on any atom is 0.276 e. The number of para-hydroxylation sites is 2. The minimum atomic E-state index is -0.381. The van der Waals surface area contributed by atoms with Gasteiger partial charge in [-0.2, -0.15) is 5.10 Å². The molecule has 2 aromatic carbocycles. The smallest absolute Gasteiger partial charge is 0.276 e. The van der Waals surface area contributed by atoms with Crippen LogP contribution in [0, 0.1) is 0 Å². The van der Waals surface area contributed by atoms with E-state index >= 15 is 0 Å². The quantitative estimate of drug-likeness (QED) is 0.618. The summed E-state index contributed by atoms with van der Waals surface area (Å²) in [6, 6.07) is 10.6. The number of carbonyl (C=O) groups is 1. The standard InChI is InChI=1S/C21H22Cl2N4O3/c1-29-17-7-2-4-14-18(21(28)24-19-15(22)5-3-6-16(19)23)25-27(20(14)17)9-8-26-10-12-30-13-11-26/h2-7H,8-13H2,1H3,(H,24,28). The zero-order valence-electron chi connectivity index (χ0n) is 16.5. The molecule has 1 saturated heterocycles. The van der Waals surface area contributed by atoms with Crippen LogP contribution in [-0.2, 0) is 11.3 Å². The van der Waals surface area contributed by atoms with Crippen LogP contribution in [0.5, 0.6) is 5.75 Å². The molecule has 1 amide bonds. The molecule has 1 N–H and O–H groups in total. The molecular formula is C21H22Cl2N4O3. The summed E-state index contributed by atoms with van der Waals surface area (Å²) in [7, 11) is 1.61. The average Bonchev–Trinajstić information content (AvgIpc) is 3.14. The highest BCUT2D eigenvalue weighted by Gasteiger charge is 2.22. The average molecular weight is 449 g/mol. The Morgan fingerprint density at radius 3 is 2.53 bits per heavy atom. The van der Waals surface area contributed by atoms with Crippen LogP contribution in [0.25, 0.3) is 10.9 Å². The lowest BCUT2D eigenvalue weighted by Gasteiger charge is -2.26. The number of nitrogens with zero attached hydrogens (tertiary/aromatic N) is 3. The van der Waals surface area contributed by atoms with Crippen molar-refractivity contribution >= 4 is 45.7 Å². The molecule has 0 spiro atoms. The first-order chi connectivity index (χ1) is 14.6. The minimum Gasteiger partial charge on any atom is -0.494 e. The number of methoxy groups -OCH3 is 1. The number of halogens is 2. The third-order valence-corrected chi connectivity index (χ3v) is 5.73. The Balaban J connectivity index is 1.66. The largest absolute Gasteiger partial charge is 0.494 e. The van der Waals surface area contributed by atoms with Crippen LogP contribution >= 0.6 is 23.2 Å². The summed E-state index contributed by atoms with van der Waals surface area (Å²) in [6.45, 7) is 4.65. The van der Waals surface area contributed by atoms with Crippen molar-refractivity contribution in [2.24, 2.45) is 0 Å². The molecule has 0 unspecified atom stereocenters. The predicted octanol–water partition coefficient (Wildman–Crippen LogP) is 3.94. The van der Waals surface area contributed by atoms with Crippen molar-refractivity contribution in [3.8, 4) is 5.75 Å². The van der Waals surface area contributed by atoms with Crippen molar-refractivity contribution in [2.75, 3.05) is 45.3 Å². The summed E-state index contributed by atoms with van der Waals surface area (Å²) in [5.74, 6) is 0.283. The van der Waals surface area contributed by atoms with Gasteiger partial charge in [0, 0.05) is 25.0 Å². The van der Waals surface area contributed by atoms with Crippen LogP contribution in [0.1, 0.15) is 10.5 Å². The van der Waals surface area contributed by atoms with Gasteiger partial charge in [-0.05, 0) is 18.2 Å². The maximum atomic E-state index is 13.1. The van der Waals surface area contributed by atoms with Crippen molar-refractivity contribution in [1.82, 2.24) is 14.7 Å². The van der Waals surface area contributed by atoms with E-state index < -0.39 is 0 Å². The van der Waals surface area contributed by atoms with Gasteiger partial charge in [0.15, 0.2) is 5.69 Å². The molecule has 0 saturated carbocycles. The van der Waals surface area contributed by atoms with Crippen molar-refractivity contribution in [2.45, 2.75) is 6.54 Å². The molecule has 1 aromatic heterocycles. The number of amides is 1. The molecule has 9 heteroatoms. The van der Waals surface area contributed by atoms with E-state index in [0.717, 1.165) is 38.4 Å². The zero-order valence-corrected chi connectivity index (χ0v) is 18.0. The first-order valence-electron chi connectivity index (χ1n) is 9.67. The highest BCUT2D eigenvalue weighted by molar-refractivity contribution is 6.40. The molecule has 0 atom stereocenters. The number of morpholine rings is 1. The molecule has 0 radical (unpaired) electrons. The van der Waals surface area contributed by atoms with Crippen LogP contribution in [0.3, 0.4) is 0 Å². The number of rotatable bonds is 6. The van der Waals surface area contributed by atoms with Gasteiger partial charge in [-0.15, -0.1) is 0 Å². The van der Waals surface area contributed by atoms with Crippen LogP contribution in [-0.4, -0.2) is 60.5 Å². The Bertz CT molecular complexity index is 1040. The number of nitrogens with one attached hydrogen (secondary N) is 1. The molecule has 3 aromatic rings. The SMILES string of the molecule is COc1cccc2c(C(=O)Nc3c(Cl)cccc3Cl)nn(CCN3CCOCC3)c12. The Hall–Kier alpha value is -2.32. The second-order valence-electron chi connectivity index (χ2n) is 6.93. The van der Waals surface area contributed by atoms with Crippen LogP contribution in [0.2, 0.25) is 10.0 Å². The highest BCUT2D eigenvalue weighted by atomic mass is 35.5. The number of aromatic nitrogens is 2. The Kier molecular flexibility index (Phi) is 6.43. The first-order valence-corrected chi connectivity index (χ1v) is 10.4. The van der Waals surface area contributed by atoms with Crippen molar-refractivity contribution in [3.05, 3.63) is 52.1 Å². The summed E-state index contributed by atoms with van der Waals surface area (Å²) < 4.78 is 12.8. The van der Waals surface area contributed by atoms with Crippen LogP contribution < -0.4 is 10.1 Å². The van der Waals surface area contributed by atoms with Gasteiger partial charge in [0.1, 0.15) is 11.3 Å². The summed E-state index contributed by atoms with van der Waals surface area (Å²) >= 11 is 12.4. The Morgan fingerprint density at radius 1 is 1.13 bits per heavy atom. The molecule has 158 valence electrons. The number of anilines is 1. The highest BCUT2D eigenvalue weighted by Crippen LogP contribution is 2.32.